The van der Waals surface area contributed by atoms with Crippen LogP contribution in [0.4, 0.5) is 0 Å². The molecule has 0 saturated carbocycles. The number of ketones is 1. The van der Waals surface area contributed by atoms with Crippen molar-refractivity contribution in [2.24, 2.45) is 0 Å². The summed E-state index contributed by atoms with van der Waals surface area (Å²) >= 11 is 0. The van der Waals surface area contributed by atoms with Crippen LogP contribution < -0.4 is 10.1 Å². The van der Waals surface area contributed by atoms with Crippen molar-refractivity contribution in [1.82, 2.24) is 20.3 Å². The standard InChI is InChI=1S/C34H38N4O3/c1-4-24(39)13-6-5-7-16-31(34-35-21-32(38-34)27-15-10-12-23-11-8-9-14-26(23)27)37-33(40)20-28-22(2)36-30-18-17-25(41-3)19-29(28)30/h8-12,14-15,17-19,21,31,36H,4-7,13,16,20H2,1-3H3,(H,35,38)(H,37,40)/t31-/m0/s1. The molecule has 0 aliphatic carbocycles. The zero-order valence-electron chi connectivity index (χ0n) is 24.0. The van der Waals surface area contributed by atoms with Crippen LogP contribution in [0, 0.1) is 6.92 Å². The molecule has 0 aliphatic heterocycles. The van der Waals surface area contributed by atoms with Gasteiger partial charge in [0, 0.05) is 35.0 Å². The van der Waals surface area contributed by atoms with Crippen LogP contribution in [0.3, 0.4) is 0 Å². The van der Waals surface area contributed by atoms with Gasteiger partial charge in [0.05, 0.1) is 31.5 Å². The second-order valence-corrected chi connectivity index (χ2v) is 10.6. The van der Waals surface area contributed by atoms with Crippen molar-refractivity contribution in [3.63, 3.8) is 0 Å². The van der Waals surface area contributed by atoms with Crippen molar-refractivity contribution in [3.05, 3.63) is 83.9 Å². The van der Waals surface area contributed by atoms with E-state index in [1.54, 1.807) is 7.11 Å². The normalized spacial score (nSPS) is 12.1. The predicted molar refractivity (Wildman–Crippen MR) is 164 cm³/mol. The highest BCUT2D eigenvalue weighted by atomic mass is 16.5. The minimum atomic E-state index is -0.270. The maximum absolute atomic E-state index is 13.5. The maximum Gasteiger partial charge on any atom is 0.225 e. The first-order chi connectivity index (χ1) is 20.0. The van der Waals surface area contributed by atoms with E-state index in [9.17, 15) is 9.59 Å². The lowest BCUT2D eigenvalue weighted by atomic mass is 10.0. The summed E-state index contributed by atoms with van der Waals surface area (Å²) in [5.74, 6) is 1.73. The predicted octanol–water partition coefficient (Wildman–Crippen LogP) is 7.36. The zero-order chi connectivity index (χ0) is 28.8. The lowest BCUT2D eigenvalue weighted by Crippen LogP contribution is -2.30. The van der Waals surface area contributed by atoms with E-state index in [4.69, 9.17) is 9.72 Å². The smallest absolute Gasteiger partial charge is 0.225 e. The number of Topliss-reactive ketones (excluding diaryl/α,β-unsaturated/α-hetero) is 1. The number of aryl methyl sites for hydroxylation is 1. The van der Waals surface area contributed by atoms with Gasteiger partial charge in [-0.1, -0.05) is 62.2 Å². The molecule has 0 unspecified atom stereocenters. The van der Waals surface area contributed by atoms with Crippen LogP contribution in [-0.4, -0.2) is 33.8 Å². The number of H-pyrrole nitrogens is 2. The summed E-state index contributed by atoms with van der Waals surface area (Å²) in [7, 11) is 1.64. The first kappa shape index (κ1) is 28.1. The minimum Gasteiger partial charge on any atom is -0.497 e. The van der Waals surface area contributed by atoms with Gasteiger partial charge in [-0.3, -0.25) is 9.59 Å². The molecular formula is C34H38N4O3. The Hall–Kier alpha value is -4.39. The number of methoxy groups -OCH3 is 1. The molecule has 0 aliphatic rings. The van der Waals surface area contributed by atoms with Gasteiger partial charge in [-0.15, -0.1) is 0 Å². The van der Waals surface area contributed by atoms with Crippen LogP contribution in [0.2, 0.25) is 0 Å². The number of benzene rings is 3. The van der Waals surface area contributed by atoms with Crippen LogP contribution >= 0.6 is 0 Å². The van der Waals surface area contributed by atoms with Crippen molar-refractivity contribution in [1.29, 1.82) is 0 Å². The highest BCUT2D eigenvalue weighted by Crippen LogP contribution is 2.30. The fourth-order valence-corrected chi connectivity index (χ4v) is 5.53. The molecule has 3 N–H and O–H groups in total. The molecule has 3 aromatic carbocycles. The van der Waals surface area contributed by atoms with Crippen LogP contribution in [0.5, 0.6) is 5.75 Å². The maximum atomic E-state index is 13.5. The largest absolute Gasteiger partial charge is 0.497 e. The van der Waals surface area contributed by atoms with E-state index in [-0.39, 0.29) is 18.4 Å². The summed E-state index contributed by atoms with van der Waals surface area (Å²) in [4.78, 5) is 36.8. The van der Waals surface area contributed by atoms with Gasteiger partial charge in [-0.25, -0.2) is 4.98 Å². The Balaban J connectivity index is 1.36. The van der Waals surface area contributed by atoms with E-state index in [0.29, 0.717) is 18.6 Å². The first-order valence-electron chi connectivity index (χ1n) is 14.5. The number of amides is 1. The number of hydrogen-bond acceptors (Lipinski definition) is 4. The van der Waals surface area contributed by atoms with Crippen molar-refractivity contribution >= 4 is 33.4 Å². The van der Waals surface area contributed by atoms with Crippen LogP contribution in [0.1, 0.15) is 68.6 Å². The fourth-order valence-electron chi connectivity index (χ4n) is 5.53. The number of ether oxygens (including phenoxy) is 1. The molecule has 5 rings (SSSR count). The second kappa shape index (κ2) is 12.9. The number of aromatic amines is 2. The minimum absolute atomic E-state index is 0.0638. The number of nitrogens with zero attached hydrogens (tertiary/aromatic N) is 1. The van der Waals surface area contributed by atoms with E-state index in [2.05, 4.69) is 39.6 Å². The number of aromatic nitrogens is 3. The molecule has 0 fully saturated rings. The summed E-state index contributed by atoms with van der Waals surface area (Å²) < 4.78 is 5.42. The Labute approximate surface area is 240 Å². The number of hydrogen-bond donors (Lipinski definition) is 3. The molecule has 0 radical (unpaired) electrons. The Morgan fingerprint density at radius 2 is 1.80 bits per heavy atom. The first-order valence-corrected chi connectivity index (χ1v) is 14.5. The van der Waals surface area contributed by atoms with E-state index in [0.717, 1.165) is 76.1 Å². The molecule has 1 amide bonds. The third kappa shape index (κ3) is 6.51. The molecule has 41 heavy (non-hydrogen) atoms. The van der Waals surface area contributed by atoms with Crippen LogP contribution in [0.25, 0.3) is 32.9 Å². The lowest BCUT2D eigenvalue weighted by molar-refractivity contribution is -0.121. The Morgan fingerprint density at radius 1 is 0.976 bits per heavy atom. The average molecular weight is 551 g/mol. The van der Waals surface area contributed by atoms with E-state index >= 15 is 0 Å². The van der Waals surface area contributed by atoms with Crippen LogP contribution in [-0.2, 0) is 16.0 Å². The van der Waals surface area contributed by atoms with Gasteiger partial charge in [0.1, 0.15) is 17.4 Å². The van der Waals surface area contributed by atoms with Gasteiger partial charge < -0.3 is 20.0 Å². The van der Waals surface area contributed by atoms with Gasteiger partial charge in [-0.2, -0.15) is 0 Å². The molecule has 7 nitrogen and oxygen atoms in total. The molecule has 7 heteroatoms. The highest BCUT2D eigenvalue weighted by molar-refractivity contribution is 5.95. The summed E-state index contributed by atoms with van der Waals surface area (Å²) in [6, 6.07) is 20.1. The summed E-state index contributed by atoms with van der Waals surface area (Å²) in [5.41, 5.74) is 4.91. The lowest BCUT2D eigenvalue weighted by Gasteiger charge is -2.17. The molecule has 0 bridgehead atoms. The third-order valence-corrected chi connectivity index (χ3v) is 7.85. The molecule has 0 saturated heterocycles. The van der Waals surface area contributed by atoms with E-state index < -0.39 is 0 Å². The second-order valence-electron chi connectivity index (χ2n) is 10.6. The quantitative estimate of drug-likeness (QED) is 0.133. The van der Waals surface area contributed by atoms with Crippen molar-refractivity contribution < 1.29 is 14.3 Å². The highest BCUT2D eigenvalue weighted by Gasteiger charge is 2.21. The Kier molecular flexibility index (Phi) is 8.82. The zero-order valence-corrected chi connectivity index (χ0v) is 24.0. The fraction of sp³-hybridized carbons (Fsp3) is 0.324. The number of unbranched alkanes of at least 4 members (excludes halogenated alkanes) is 2. The molecule has 2 heterocycles. The molecule has 5 aromatic rings. The average Bonchev–Trinajstić information content (AvgIpc) is 3.60. The Bertz CT molecular complexity index is 1660. The van der Waals surface area contributed by atoms with Gasteiger partial charge in [0.15, 0.2) is 0 Å². The van der Waals surface area contributed by atoms with Crippen molar-refractivity contribution in [2.45, 2.75) is 64.8 Å². The number of rotatable bonds is 13. The van der Waals surface area contributed by atoms with Crippen molar-refractivity contribution in [2.75, 3.05) is 7.11 Å². The number of carbonyl (C=O) groups excluding carboxylic acids is 2. The van der Waals surface area contributed by atoms with Gasteiger partial charge in [0.2, 0.25) is 5.91 Å². The summed E-state index contributed by atoms with van der Waals surface area (Å²) in [5, 5.41) is 6.57. The van der Waals surface area contributed by atoms with Gasteiger partial charge >= 0.3 is 0 Å². The SMILES string of the molecule is CCC(=O)CCCCC[C@H](NC(=O)Cc1c(C)[nH]c2ccc(OC)cc12)c1ncc(-c2cccc3ccccc23)[nH]1. The number of nitrogens with one attached hydrogen (secondary N) is 3. The summed E-state index contributed by atoms with van der Waals surface area (Å²) in [6.07, 6.45) is 6.71. The third-order valence-electron chi connectivity index (χ3n) is 7.85. The van der Waals surface area contributed by atoms with Gasteiger partial charge in [0.25, 0.3) is 0 Å². The van der Waals surface area contributed by atoms with Crippen molar-refractivity contribution in [3.8, 4) is 17.0 Å². The molecule has 212 valence electrons. The topological polar surface area (TPSA) is 99.9 Å². The van der Waals surface area contributed by atoms with E-state index in [1.165, 1.54) is 5.39 Å². The Morgan fingerprint density at radius 3 is 2.63 bits per heavy atom. The number of carbonyl (C=O) groups is 2. The van der Waals surface area contributed by atoms with E-state index in [1.807, 2.05) is 56.4 Å². The molecule has 2 aromatic heterocycles. The summed E-state index contributed by atoms with van der Waals surface area (Å²) in [6.45, 7) is 3.90. The molecule has 0 spiro atoms. The monoisotopic (exact) mass is 550 g/mol. The van der Waals surface area contributed by atoms with Crippen LogP contribution in [0.15, 0.2) is 66.9 Å². The van der Waals surface area contributed by atoms with Gasteiger partial charge in [-0.05, 0) is 54.3 Å². The molecule has 1 atom stereocenters. The number of imidazole rings is 1. The number of fused-ring (bicyclic) bond motifs is 2. The molecular weight excluding hydrogens is 512 g/mol.